The van der Waals surface area contributed by atoms with E-state index in [1.165, 1.54) is 0 Å². The van der Waals surface area contributed by atoms with Crippen LogP contribution in [0.25, 0.3) is 0 Å². The molecule has 0 saturated heterocycles. The molecule has 0 atom stereocenters. The molecule has 0 saturated carbocycles. The number of H-pyrrole nitrogens is 2. The van der Waals surface area contributed by atoms with Gasteiger partial charge in [0.25, 0.3) is 5.56 Å². The first-order chi connectivity index (χ1) is 5.11. The SMILES string of the molecule is CN(C)c1c[nH]c(=S)[nH]c1=O. The van der Waals surface area contributed by atoms with Crippen LogP contribution >= 0.6 is 12.2 Å². The van der Waals surface area contributed by atoms with Gasteiger partial charge in [0.1, 0.15) is 5.69 Å². The van der Waals surface area contributed by atoms with Gasteiger partial charge in [-0.2, -0.15) is 0 Å². The van der Waals surface area contributed by atoms with Gasteiger partial charge in [-0.05, 0) is 12.2 Å². The molecular formula is C6H9N3OS. The Morgan fingerprint density at radius 2 is 2.18 bits per heavy atom. The average molecular weight is 171 g/mol. The van der Waals surface area contributed by atoms with Gasteiger partial charge in [-0.3, -0.25) is 9.78 Å². The van der Waals surface area contributed by atoms with Gasteiger partial charge in [0.2, 0.25) is 0 Å². The van der Waals surface area contributed by atoms with E-state index < -0.39 is 0 Å². The van der Waals surface area contributed by atoms with E-state index >= 15 is 0 Å². The zero-order chi connectivity index (χ0) is 8.43. The normalized spacial score (nSPS) is 9.64. The molecule has 1 heterocycles. The third-order valence-corrected chi connectivity index (χ3v) is 1.50. The summed E-state index contributed by atoms with van der Waals surface area (Å²) in [5.74, 6) is 0. The maximum absolute atomic E-state index is 11.1. The van der Waals surface area contributed by atoms with E-state index in [0.717, 1.165) is 0 Å². The topological polar surface area (TPSA) is 51.9 Å². The minimum absolute atomic E-state index is 0.168. The van der Waals surface area contributed by atoms with E-state index in [-0.39, 0.29) is 5.56 Å². The zero-order valence-electron chi connectivity index (χ0n) is 6.34. The predicted molar refractivity (Wildman–Crippen MR) is 46.6 cm³/mol. The molecule has 0 unspecified atom stereocenters. The van der Waals surface area contributed by atoms with Crippen molar-refractivity contribution in [3.05, 3.63) is 21.3 Å². The number of rotatable bonds is 1. The fourth-order valence-corrected chi connectivity index (χ4v) is 0.887. The highest BCUT2D eigenvalue weighted by molar-refractivity contribution is 7.71. The van der Waals surface area contributed by atoms with Gasteiger partial charge < -0.3 is 9.88 Å². The van der Waals surface area contributed by atoms with Crippen molar-refractivity contribution in [2.75, 3.05) is 19.0 Å². The lowest BCUT2D eigenvalue weighted by atomic mass is 10.5. The molecule has 2 N–H and O–H groups in total. The molecule has 0 aliphatic rings. The van der Waals surface area contributed by atoms with Gasteiger partial charge in [0.15, 0.2) is 4.77 Å². The maximum Gasteiger partial charge on any atom is 0.275 e. The summed E-state index contributed by atoms with van der Waals surface area (Å²) in [5.41, 5.74) is 0.400. The zero-order valence-corrected chi connectivity index (χ0v) is 7.16. The van der Waals surface area contributed by atoms with Crippen molar-refractivity contribution in [3.8, 4) is 0 Å². The van der Waals surface area contributed by atoms with Crippen molar-refractivity contribution < 1.29 is 0 Å². The van der Waals surface area contributed by atoms with Crippen LogP contribution in [0.1, 0.15) is 0 Å². The Morgan fingerprint density at radius 3 is 2.64 bits per heavy atom. The van der Waals surface area contributed by atoms with Crippen LogP contribution < -0.4 is 10.5 Å². The van der Waals surface area contributed by atoms with Crippen molar-refractivity contribution in [2.24, 2.45) is 0 Å². The van der Waals surface area contributed by atoms with E-state index in [1.54, 1.807) is 25.2 Å². The fourth-order valence-electron chi connectivity index (χ4n) is 0.735. The predicted octanol–water partition coefficient (Wildman–Crippen LogP) is 0.498. The summed E-state index contributed by atoms with van der Waals surface area (Å²) in [6, 6.07) is 0. The molecule has 0 radical (unpaired) electrons. The smallest absolute Gasteiger partial charge is 0.275 e. The molecule has 0 bridgehead atoms. The molecule has 0 aliphatic heterocycles. The van der Waals surface area contributed by atoms with E-state index in [0.29, 0.717) is 10.5 Å². The molecule has 5 heteroatoms. The first-order valence-corrected chi connectivity index (χ1v) is 3.51. The summed E-state index contributed by atoms with van der Waals surface area (Å²) in [6.07, 6.45) is 1.58. The van der Waals surface area contributed by atoms with Crippen LogP contribution in [0.2, 0.25) is 0 Å². The van der Waals surface area contributed by atoms with Gasteiger partial charge in [0, 0.05) is 20.3 Å². The molecule has 4 nitrogen and oxygen atoms in total. The second-order valence-corrected chi connectivity index (χ2v) is 2.76. The third-order valence-electron chi connectivity index (χ3n) is 1.28. The number of hydrogen-bond donors (Lipinski definition) is 2. The van der Waals surface area contributed by atoms with Gasteiger partial charge in [-0.15, -0.1) is 0 Å². The number of aromatic amines is 2. The lowest BCUT2D eigenvalue weighted by Gasteiger charge is -2.09. The molecule has 0 spiro atoms. The molecule has 0 aromatic carbocycles. The Bertz CT molecular complexity index is 351. The summed E-state index contributed by atoms with van der Waals surface area (Å²) in [6.45, 7) is 0. The summed E-state index contributed by atoms with van der Waals surface area (Å²) < 4.78 is 0.348. The Balaban J connectivity index is 3.32. The minimum atomic E-state index is -0.168. The first-order valence-electron chi connectivity index (χ1n) is 3.10. The van der Waals surface area contributed by atoms with Crippen LogP contribution in [0.4, 0.5) is 5.69 Å². The number of nitrogens with zero attached hydrogens (tertiary/aromatic N) is 1. The summed E-state index contributed by atoms with van der Waals surface area (Å²) in [4.78, 5) is 18.0. The molecule has 0 aliphatic carbocycles. The van der Waals surface area contributed by atoms with Crippen LogP contribution in [0.3, 0.4) is 0 Å². The number of nitrogens with one attached hydrogen (secondary N) is 2. The minimum Gasteiger partial charge on any atom is -0.372 e. The van der Waals surface area contributed by atoms with E-state index in [2.05, 4.69) is 9.97 Å². The summed E-state index contributed by atoms with van der Waals surface area (Å²) >= 11 is 4.72. The summed E-state index contributed by atoms with van der Waals surface area (Å²) in [7, 11) is 3.59. The van der Waals surface area contributed by atoms with Crippen molar-refractivity contribution >= 4 is 17.9 Å². The van der Waals surface area contributed by atoms with E-state index in [1.807, 2.05) is 0 Å². The van der Waals surface area contributed by atoms with E-state index in [9.17, 15) is 4.79 Å². The molecular weight excluding hydrogens is 162 g/mol. The molecule has 60 valence electrons. The monoisotopic (exact) mass is 171 g/mol. The summed E-state index contributed by atoms with van der Waals surface area (Å²) in [5, 5.41) is 0. The van der Waals surface area contributed by atoms with E-state index in [4.69, 9.17) is 12.2 Å². The quantitative estimate of drug-likeness (QED) is 0.605. The highest BCUT2D eigenvalue weighted by Gasteiger charge is 1.98. The molecule has 1 aromatic rings. The van der Waals surface area contributed by atoms with Crippen molar-refractivity contribution in [3.63, 3.8) is 0 Å². The van der Waals surface area contributed by atoms with Crippen molar-refractivity contribution in [1.29, 1.82) is 0 Å². The van der Waals surface area contributed by atoms with Gasteiger partial charge in [-0.25, -0.2) is 0 Å². The maximum atomic E-state index is 11.1. The van der Waals surface area contributed by atoms with Crippen LogP contribution in [-0.2, 0) is 0 Å². The highest BCUT2D eigenvalue weighted by atomic mass is 32.1. The van der Waals surface area contributed by atoms with Crippen LogP contribution in [-0.4, -0.2) is 24.1 Å². The highest BCUT2D eigenvalue weighted by Crippen LogP contribution is 1.97. The van der Waals surface area contributed by atoms with Crippen LogP contribution in [0.15, 0.2) is 11.0 Å². The first kappa shape index (κ1) is 8.00. The molecule has 11 heavy (non-hydrogen) atoms. The second-order valence-electron chi connectivity index (χ2n) is 2.35. The third kappa shape index (κ3) is 1.68. The van der Waals surface area contributed by atoms with Gasteiger partial charge in [0.05, 0.1) is 0 Å². The molecule has 1 rings (SSSR count). The second kappa shape index (κ2) is 2.87. The van der Waals surface area contributed by atoms with Crippen molar-refractivity contribution in [2.45, 2.75) is 0 Å². The standard InChI is InChI=1S/C6H9N3OS/c1-9(2)4-3-7-6(11)8-5(4)10/h3H,1-2H3,(H2,7,8,10,11). The van der Waals surface area contributed by atoms with Crippen LogP contribution in [0, 0.1) is 4.77 Å². The average Bonchev–Trinajstić information content (AvgIpc) is 1.85. The van der Waals surface area contributed by atoms with Crippen LogP contribution in [0.5, 0.6) is 0 Å². The molecule has 0 fully saturated rings. The Hall–Kier alpha value is -1.10. The van der Waals surface area contributed by atoms with Crippen molar-refractivity contribution in [1.82, 2.24) is 9.97 Å². The fraction of sp³-hybridized carbons (Fsp3) is 0.333. The van der Waals surface area contributed by atoms with Gasteiger partial charge in [-0.1, -0.05) is 0 Å². The lowest BCUT2D eigenvalue weighted by molar-refractivity contribution is 1.02. The largest absolute Gasteiger partial charge is 0.372 e. The molecule has 0 amide bonds. The Kier molecular flexibility index (Phi) is 2.09. The number of aromatic nitrogens is 2. The lowest BCUT2D eigenvalue weighted by Crippen LogP contribution is -2.20. The number of anilines is 1. The van der Waals surface area contributed by atoms with Gasteiger partial charge >= 0.3 is 0 Å². The Labute approximate surface area is 68.9 Å². The number of hydrogen-bond acceptors (Lipinski definition) is 3. The Morgan fingerprint density at radius 1 is 1.55 bits per heavy atom. The molecule has 1 aromatic heterocycles.